The largest absolute Gasteiger partial charge is 0.322 e. The molecule has 0 aliphatic carbocycles. The maximum Gasteiger partial charge on any atom is 0.241 e. The van der Waals surface area contributed by atoms with Gasteiger partial charge in [0.25, 0.3) is 0 Å². The summed E-state index contributed by atoms with van der Waals surface area (Å²) >= 11 is 0. The van der Waals surface area contributed by atoms with Crippen LogP contribution in [0.2, 0.25) is 0 Å². The fraction of sp³-hybridized carbons (Fsp3) is 0.364. The number of nitriles is 1. The number of rotatable bonds is 4. The van der Waals surface area contributed by atoms with Crippen LogP contribution >= 0.6 is 0 Å². The van der Waals surface area contributed by atoms with Crippen molar-refractivity contribution in [2.45, 2.75) is 19.8 Å². The first-order valence-corrected chi connectivity index (χ1v) is 4.99. The second-order valence-corrected chi connectivity index (χ2v) is 3.32. The molecule has 0 bridgehead atoms. The molecule has 16 heavy (non-hydrogen) atoms. The number of hydrogen-bond donors (Lipinski definition) is 1. The van der Waals surface area contributed by atoms with Gasteiger partial charge in [0, 0.05) is 6.20 Å². The maximum absolute atomic E-state index is 13.1. The Bertz CT molecular complexity index is 414. The van der Waals surface area contributed by atoms with Gasteiger partial charge in [-0.15, -0.1) is 0 Å². The number of aromatic nitrogens is 1. The molecule has 0 aromatic carbocycles. The lowest BCUT2D eigenvalue weighted by Crippen LogP contribution is -2.22. The first-order valence-electron chi connectivity index (χ1n) is 4.99. The van der Waals surface area contributed by atoms with E-state index < -0.39 is 17.6 Å². The zero-order chi connectivity index (χ0) is 12.0. The molecule has 84 valence electrons. The molecule has 1 N–H and O–H groups in total. The zero-order valence-electron chi connectivity index (χ0n) is 8.90. The highest BCUT2D eigenvalue weighted by Gasteiger charge is 2.17. The number of nitrogens with one attached hydrogen (secondary N) is 1. The Balaban J connectivity index is 2.71. The second-order valence-electron chi connectivity index (χ2n) is 3.32. The summed E-state index contributed by atoms with van der Waals surface area (Å²) in [6.07, 6.45) is 3.58. The van der Waals surface area contributed by atoms with Crippen LogP contribution in [0.3, 0.4) is 0 Å². The summed E-state index contributed by atoms with van der Waals surface area (Å²) in [4.78, 5) is 15.1. The highest BCUT2D eigenvalue weighted by atomic mass is 19.1. The molecule has 5 heteroatoms. The number of halogens is 1. The number of carbonyl (C=O) groups is 1. The van der Waals surface area contributed by atoms with Crippen LogP contribution in [0.4, 0.5) is 10.1 Å². The SMILES string of the molecule is CCCC(C#N)C(=O)Nc1ccncc1F. The number of carbonyl (C=O) groups excluding carboxylic acids is 1. The zero-order valence-corrected chi connectivity index (χ0v) is 8.90. The van der Waals surface area contributed by atoms with Crippen molar-refractivity contribution in [3.63, 3.8) is 0 Å². The third kappa shape index (κ3) is 3.02. The van der Waals surface area contributed by atoms with Crippen LogP contribution in [0, 0.1) is 23.1 Å². The minimum atomic E-state index is -0.738. The molecule has 4 nitrogen and oxygen atoms in total. The van der Waals surface area contributed by atoms with E-state index in [0.717, 1.165) is 12.6 Å². The first-order chi connectivity index (χ1) is 7.69. The van der Waals surface area contributed by atoms with Crippen LogP contribution in [0.15, 0.2) is 18.5 Å². The number of hydrogen-bond acceptors (Lipinski definition) is 3. The molecule has 0 radical (unpaired) electrons. The van der Waals surface area contributed by atoms with E-state index in [-0.39, 0.29) is 5.69 Å². The molecule has 1 amide bonds. The summed E-state index contributed by atoms with van der Waals surface area (Å²) in [7, 11) is 0. The fourth-order valence-corrected chi connectivity index (χ4v) is 1.24. The van der Waals surface area contributed by atoms with E-state index >= 15 is 0 Å². The lowest BCUT2D eigenvalue weighted by molar-refractivity contribution is -0.118. The van der Waals surface area contributed by atoms with Crippen LogP contribution in [0.5, 0.6) is 0 Å². The standard InChI is InChI=1S/C11H12FN3O/c1-2-3-8(6-13)11(16)15-10-4-5-14-7-9(10)12/h4-5,7-8H,2-3H2,1H3,(H,14,15,16). The van der Waals surface area contributed by atoms with E-state index in [1.807, 2.05) is 13.0 Å². The van der Waals surface area contributed by atoms with Gasteiger partial charge in [0.1, 0.15) is 5.92 Å². The minimum absolute atomic E-state index is 0.0522. The molecular formula is C11H12FN3O. The Hall–Kier alpha value is -1.96. The van der Waals surface area contributed by atoms with Crippen LogP contribution in [-0.4, -0.2) is 10.9 Å². The first kappa shape index (κ1) is 12.1. The predicted octanol–water partition coefficient (Wildman–Crippen LogP) is 2.10. The van der Waals surface area contributed by atoms with Gasteiger partial charge in [-0.2, -0.15) is 5.26 Å². The van der Waals surface area contributed by atoms with E-state index in [9.17, 15) is 9.18 Å². The van der Waals surface area contributed by atoms with Crippen molar-refractivity contribution in [3.8, 4) is 6.07 Å². The Morgan fingerprint density at radius 3 is 3.06 bits per heavy atom. The normalized spacial score (nSPS) is 11.6. The van der Waals surface area contributed by atoms with Gasteiger partial charge in [0.05, 0.1) is 18.0 Å². The third-order valence-electron chi connectivity index (χ3n) is 2.08. The van der Waals surface area contributed by atoms with Crippen molar-refractivity contribution in [1.29, 1.82) is 5.26 Å². The summed E-state index contributed by atoms with van der Waals surface area (Å²) < 4.78 is 13.1. The van der Waals surface area contributed by atoms with Crippen molar-refractivity contribution in [1.82, 2.24) is 4.98 Å². The average molecular weight is 221 g/mol. The van der Waals surface area contributed by atoms with E-state index in [1.165, 1.54) is 12.3 Å². The molecule has 1 atom stereocenters. The number of nitrogens with zero attached hydrogens (tertiary/aromatic N) is 2. The predicted molar refractivity (Wildman–Crippen MR) is 56.8 cm³/mol. The summed E-state index contributed by atoms with van der Waals surface area (Å²) in [6.45, 7) is 1.88. The summed E-state index contributed by atoms with van der Waals surface area (Å²) in [5.74, 6) is -1.82. The molecule has 0 aliphatic rings. The smallest absolute Gasteiger partial charge is 0.241 e. The maximum atomic E-state index is 13.1. The van der Waals surface area contributed by atoms with Crippen molar-refractivity contribution < 1.29 is 9.18 Å². The van der Waals surface area contributed by atoms with Gasteiger partial charge < -0.3 is 5.32 Å². The third-order valence-corrected chi connectivity index (χ3v) is 2.08. The Labute approximate surface area is 93.1 Å². The van der Waals surface area contributed by atoms with E-state index in [2.05, 4.69) is 10.3 Å². The van der Waals surface area contributed by atoms with Crippen molar-refractivity contribution in [2.75, 3.05) is 5.32 Å². The van der Waals surface area contributed by atoms with Crippen LogP contribution in [0.1, 0.15) is 19.8 Å². The minimum Gasteiger partial charge on any atom is -0.322 e. The summed E-state index contributed by atoms with van der Waals surface area (Å²) in [5, 5.41) is 11.1. The Morgan fingerprint density at radius 1 is 1.75 bits per heavy atom. The molecule has 0 saturated carbocycles. The van der Waals surface area contributed by atoms with Crippen molar-refractivity contribution in [3.05, 3.63) is 24.3 Å². The molecule has 1 unspecified atom stereocenters. The lowest BCUT2D eigenvalue weighted by Gasteiger charge is -2.09. The number of amides is 1. The fourth-order valence-electron chi connectivity index (χ4n) is 1.24. The van der Waals surface area contributed by atoms with Crippen molar-refractivity contribution in [2.24, 2.45) is 5.92 Å². The molecule has 1 heterocycles. The van der Waals surface area contributed by atoms with Gasteiger partial charge >= 0.3 is 0 Å². The molecule has 1 aromatic rings. The average Bonchev–Trinajstić information content (AvgIpc) is 2.29. The monoisotopic (exact) mass is 221 g/mol. The number of pyridine rings is 1. The highest BCUT2D eigenvalue weighted by Crippen LogP contribution is 2.14. The Morgan fingerprint density at radius 2 is 2.50 bits per heavy atom. The van der Waals surface area contributed by atoms with Crippen LogP contribution in [-0.2, 0) is 4.79 Å². The van der Waals surface area contributed by atoms with Gasteiger partial charge in [0.15, 0.2) is 5.82 Å². The molecule has 0 aliphatic heterocycles. The van der Waals surface area contributed by atoms with Gasteiger partial charge in [-0.05, 0) is 12.5 Å². The lowest BCUT2D eigenvalue weighted by atomic mass is 10.0. The number of anilines is 1. The molecule has 0 saturated heterocycles. The van der Waals surface area contributed by atoms with E-state index in [0.29, 0.717) is 6.42 Å². The van der Waals surface area contributed by atoms with Gasteiger partial charge in [0.2, 0.25) is 5.91 Å². The van der Waals surface area contributed by atoms with Crippen molar-refractivity contribution >= 4 is 11.6 Å². The Kier molecular flexibility index (Phi) is 4.40. The van der Waals surface area contributed by atoms with Gasteiger partial charge in [-0.1, -0.05) is 13.3 Å². The molecule has 1 aromatic heterocycles. The topological polar surface area (TPSA) is 65.8 Å². The highest BCUT2D eigenvalue weighted by molar-refractivity contribution is 5.94. The van der Waals surface area contributed by atoms with Crippen LogP contribution in [0.25, 0.3) is 0 Å². The molecule has 0 fully saturated rings. The second kappa shape index (κ2) is 5.81. The van der Waals surface area contributed by atoms with Gasteiger partial charge in [-0.25, -0.2) is 4.39 Å². The van der Waals surface area contributed by atoms with E-state index in [1.54, 1.807) is 0 Å². The summed E-state index contributed by atoms with van der Waals surface area (Å²) in [5.41, 5.74) is 0.0522. The quantitative estimate of drug-likeness (QED) is 0.846. The van der Waals surface area contributed by atoms with E-state index in [4.69, 9.17) is 5.26 Å². The molecular weight excluding hydrogens is 209 g/mol. The molecule has 0 spiro atoms. The van der Waals surface area contributed by atoms with Gasteiger partial charge in [-0.3, -0.25) is 9.78 Å². The molecule has 1 rings (SSSR count). The summed E-state index contributed by atoms with van der Waals surface area (Å²) in [6, 6.07) is 3.25. The van der Waals surface area contributed by atoms with Crippen LogP contribution < -0.4 is 5.32 Å².